The third kappa shape index (κ3) is 8.78. The normalized spacial score (nSPS) is 11.4. The number of esters is 1. The largest absolute Gasteiger partial charge is 0.426 e. The van der Waals surface area contributed by atoms with Crippen LogP contribution in [0.2, 0.25) is 0 Å². The summed E-state index contributed by atoms with van der Waals surface area (Å²) in [5.74, 6) is 0.515. The van der Waals surface area contributed by atoms with Gasteiger partial charge in [0, 0.05) is 0 Å². The average molecular weight is 319 g/mol. The molecule has 2 nitrogen and oxygen atoms in total. The number of hydrogen-bond donors (Lipinski definition) is 0. The zero-order valence-electron chi connectivity index (χ0n) is 15.3. The number of unbranched alkanes of at least 4 members (excludes halogenated alkanes) is 8. The van der Waals surface area contributed by atoms with Gasteiger partial charge in [-0.1, -0.05) is 82.9 Å². The lowest BCUT2D eigenvalue weighted by Crippen LogP contribution is -2.29. The van der Waals surface area contributed by atoms with E-state index in [1.54, 1.807) is 0 Å². The van der Waals surface area contributed by atoms with Crippen LogP contribution < -0.4 is 4.74 Å². The number of rotatable bonds is 12. The van der Waals surface area contributed by atoms with Crippen LogP contribution in [0.1, 0.15) is 85.0 Å². The highest BCUT2D eigenvalue weighted by Gasteiger charge is 2.29. The van der Waals surface area contributed by atoms with Crippen LogP contribution in [0, 0.1) is 5.41 Å². The van der Waals surface area contributed by atoms with Crippen molar-refractivity contribution in [1.29, 1.82) is 0 Å². The first-order valence-corrected chi connectivity index (χ1v) is 9.33. The molecule has 0 saturated heterocycles. The Hall–Kier alpha value is -1.31. The van der Waals surface area contributed by atoms with Crippen molar-refractivity contribution >= 4 is 5.97 Å². The van der Waals surface area contributed by atoms with Crippen molar-refractivity contribution in [2.45, 2.75) is 85.0 Å². The van der Waals surface area contributed by atoms with E-state index in [4.69, 9.17) is 4.74 Å². The Morgan fingerprint density at radius 1 is 0.870 bits per heavy atom. The van der Waals surface area contributed by atoms with Crippen molar-refractivity contribution in [2.24, 2.45) is 5.41 Å². The molecule has 130 valence electrons. The van der Waals surface area contributed by atoms with Crippen LogP contribution in [0.5, 0.6) is 5.75 Å². The highest BCUT2D eigenvalue weighted by atomic mass is 16.5. The van der Waals surface area contributed by atoms with Gasteiger partial charge in [0.1, 0.15) is 5.75 Å². The van der Waals surface area contributed by atoms with Crippen molar-refractivity contribution in [2.75, 3.05) is 0 Å². The van der Waals surface area contributed by atoms with Gasteiger partial charge in [-0.2, -0.15) is 0 Å². The van der Waals surface area contributed by atoms with Gasteiger partial charge < -0.3 is 4.74 Å². The van der Waals surface area contributed by atoms with Gasteiger partial charge >= 0.3 is 5.97 Å². The molecule has 1 aromatic rings. The highest BCUT2D eigenvalue weighted by Crippen LogP contribution is 2.27. The fourth-order valence-electron chi connectivity index (χ4n) is 2.71. The minimum absolute atomic E-state index is 0.122. The predicted octanol–water partition coefficient (Wildman–Crippen LogP) is 6.54. The molecule has 0 aliphatic carbocycles. The molecular weight excluding hydrogens is 284 g/mol. The molecule has 0 aliphatic heterocycles. The third-order valence-electron chi connectivity index (χ3n) is 4.41. The zero-order chi connectivity index (χ0) is 17.0. The topological polar surface area (TPSA) is 26.3 Å². The van der Waals surface area contributed by atoms with Crippen LogP contribution in [0.3, 0.4) is 0 Å². The SMILES string of the molecule is CCCCCCCCCCCC(C)(C)C(=O)Oc1ccccc1. The van der Waals surface area contributed by atoms with Crippen molar-refractivity contribution in [3.63, 3.8) is 0 Å². The second-order valence-electron chi connectivity index (χ2n) is 7.16. The van der Waals surface area contributed by atoms with Gasteiger partial charge in [-0.3, -0.25) is 4.79 Å². The summed E-state index contributed by atoms with van der Waals surface area (Å²) in [6.45, 7) is 6.23. The van der Waals surface area contributed by atoms with E-state index in [9.17, 15) is 4.79 Å². The summed E-state index contributed by atoms with van der Waals surface area (Å²) in [6.07, 6.45) is 12.6. The highest BCUT2D eigenvalue weighted by molar-refractivity contribution is 5.78. The maximum atomic E-state index is 12.3. The van der Waals surface area contributed by atoms with Gasteiger partial charge in [-0.15, -0.1) is 0 Å². The van der Waals surface area contributed by atoms with Crippen molar-refractivity contribution in [3.8, 4) is 5.75 Å². The van der Waals surface area contributed by atoms with E-state index in [1.807, 2.05) is 44.2 Å². The Bertz CT molecular complexity index is 423. The standard InChI is InChI=1S/C21H34O2/c1-4-5-6-7-8-9-10-11-15-18-21(2,3)20(22)23-19-16-13-12-14-17-19/h12-14,16-17H,4-11,15,18H2,1-3H3. The van der Waals surface area contributed by atoms with Gasteiger partial charge in [0.25, 0.3) is 0 Å². The van der Waals surface area contributed by atoms with Crippen LogP contribution in [0.4, 0.5) is 0 Å². The first kappa shape index (κ1) is 19.7. The summed E-state index contributed by atoms with van der Waals surface area (Å²) in [7, 11) is 0. The summed E-state index contributed by atoms with van der Waals surface area (Å²) >= 11 is 0. The van der Waals surface area contributed by atoms with Gasteiger partial charge in [-0.05, 0) is 32.4 Å². The van der Waals surface area contributed by atoms with E-state index in [1.165, 1.54) is 51.4 Å². The summed E-state index contributed by atoms with van der Waals surface area (Å²) in [5.41, 5.74) is -0.406. The third-order valence-corrected chi connectivity index (χ3v) is 4.41. The van der Waals surface area contributed by atoms with Crippen LogP contribution in [-0.4, -0.2) is 5.97 Å². The lowest BCUT2D eigenvalue weighted by Gasteiger charge is -2.22. The quantitative estimate of drug-likeness (QED) is 0.248. The number of carbonyl (C=O) groups excluding carboxylic acids is 1. The first-order valence-electron chi connectivity index (χ1n) is 9.33. The molecule has 0 N–H and O–H groups in total. The molecule has 1 aromatic carbocycles. The van der Waals surface area contributed by atoms with E-state index < -0.39 is 5.41 Å². The van der Waals surface area contributed by atoms with Crippen molar-refractivity contribution < 1.29 is 9.53 Å². The van der Waals surface area contributed by atoms with Crippen LogP contribution >= 0.6 is 0 Å². The van der Waals surface area contributed by atoms with E-state index in [0.717, 1.165) is 12.8 Å². The number of carbonyl (C=O) groups is 1. The Morgan fingerprint density at radius 3 is 1.96 bits per heavy atom. The van der Waals surface area contributed by atoms with E-state index >= 15 is 0 Å². The van der Waals surface area contributed by atoms with Crippen molar-refractivity contribution in [1.82, 2.24) is 0 Å². The average Bonchev–Trinajstić information content (AvgIpc) is 2.54. The van der Waals surface area contributed by atoms with Gasteiger partial charge in [0.15, 0.2) is 0 Å². The molecule has 0 atom stereocenters. The molecule has 0 saturated carbocycles. The maximum Gasteiger partial charge on any atom is 0.316 e. The molecular formula is C21H34O2. The zero-order valence-corrected chi connectivity index (χ0v) is 15.3. The van der Waals surface area contributed by atoms with Crippen LogP contribution in [0.25, 0.3) is 0 Å². The Balaban J connectivity index is 2.13. The summed E-state index contributed by atoms with van der Waals surface area (Å²) in [5, 5.41) is 0. The smallest absolute Gasteiger partial charge is 0.316 e. The Kier molecular flexibility index (Phi) is 9.66. The molecule has 0 aliphatic rings. The van der Waals surface area contributed by atoms with Gasteiger partial charge in [-0.25, -0.2) is 0 Å². The molecule has 1 rings (SSSR count). The molecule has 0 amide bonds. The molecule has 23 heavy (non-hydrogen) atoms. The number of hydrogen-bond acceptors (Lipinski definition) is 2. The number of para-hydroxylation sites is 1. The van der Waals surface area contributed by atoms with E-state index in [0.29, 0.717) is 5.75 Å². The van der Waals surface area contributed by atoms with Crippen LogP contribution in [-0.2, 0) is 4.79 Å². The minimum Gasteiger partial charge on any atom is -0.426 e. The lowest BCUT2D eigenvalue weighted by molar-refractivity contribution is -0.144. The first-order chi connectivity index (χ1) is 11.1. The van der Waals surface area contributed by atoms with E-state index in [-0.39, 0.29) is 5.97 Å². The molecule has 0 unspecified atom stereocenters. The summed E-state index contributed by atoms with van der Waals surface area (Å²) in [4.78, 5) is 12.3. The van der Waals surface area contributed by atoms with Gasteiger partial charge in [0.2, 0.25) is 0 Å². The number of benzene rings is 1. The Morgan fingerprint density at radius 2 is 1.39 bits per heavy atom. The fraction of sp³-hybridized carbons (Fsp3) is 0.667. The minimum atomic E-state index is -0.406. The molecule has 0 spiro atoms. The number of ether oxygens (including phenoxy) is 1. The molecule has 0 bridgehead atoms. The monoisotopic (exact) mass is 318 g/mol. The lowest BCUT2D eigenvalue weighted by atomic mass is 9.87. The predicted molar refractivity (Wildman–Crippen MR) is 97.7 cm³/mol. The summed E-state index contributed by atoms with van der Waals surface area (Å²) in [6, 6.07) is 9.34. The molecule has 0 fully saturated rings. The summed E-state index contributed by atoms with van der Waals surface area (Å²) < 4.78 is 5.47. The maximum absolute atomic E-state index is 12.3. The molecule has 0 heterocycles. The second-order valence-corrected chi connectivity index (χ2v) is 7.16. The fourth-order valence-corrected chi connectivity index (χ4v) is 2.71. The van der Waals surface area contributed by atoms with Crippen LogP contribution in [0.15, 0.2) is 30.3 Å². The molecule has 0 aromatic heterocycles. The Labute approximate surface area is 142 Å². The van der Waals surface area contributed by atoms with Crippen molar-refractivity contribution in [3.05, 3.63) is 30.3 Å². The van der Waals surface area contributed by atoms with E-state index in [2.05, 4.69) is 6.92 Å². The molecule has 2 heteroatoms. The second kappa shape index (κ2) is 11.3. The molecule has 0 radical (unpaired) electrons. The van der Waals surface area contributed by atoms with Gasteiger partial charge in [0.05, 0.1) is 5.41 Å².